The number of carbonyl (C=O) groups excluding carboxylic acids is 2. The zero-order valence-corrected chi connectivity index (χ0v) is 14.4. The molecule has 3 rings (SSSR count). The fourth-order valence-electron chi connectivity index (χ4n) is 3.13. The summed E-state index contributed by atoms with van der Waals surface area (Å²) >= 11 is 0. The average Bonchev–Trinajstić information content (AvgIpc) is 3.03. The Bertz CT molecular complexity index is 1000. The van der Waals surface area contributed by atoms with E-state index in [1.54, 1.807) is 0 Å². The normalized spacial score (nSPS) is 10.5. The smallest absolute Gasteiger partial charge is 0.247 e. The van der Waals surface area contributed by atoms with Gasteiger partial charge in [-0.15, -0.1) is 0 Å². The Kier molecular flexibility index (Phi) is 4.86. The molecule has 2 amide bonds. The van der Waals surface area contributed by atoms with Crippen molar-refractivity contribution in [2.24, 2.45) is 5.73 Å². The third-order valence-electron chi connectivity index (χ3n) is 4.26. The molecule has 0 aliphatic rings. The summed E-state index contributed by atoms with van der Waals surface area (Å²) in [5.41, 5.74) is 11.9. The van der Waals surface area contributed by atoms with E-state index in [0.717, 1.165) is 33.3 Å². The number of amides is 2. The molecule has 6 nitrogen and oxygen atoms in total. The minimum Gasteiger partial charge on any atom is -0.357 e. The largest absolute Gasteiger partial charge is 0.357 e. The van der Waals surface area contributed by atoms with Gasteiger partial charge in [0, 0.05) is 23.3 Å². The minimum absolute atomic E-state index is 0.266. The van der Waals surface area contributed by atoms with Crippen LogP contribution in [0.3, 0.4) is 0 Å². The zero-order chi connectivity index (χ0) is 18.7. The molecule has 3 aromatic rings. The number of aromatic nitrogens is 1. The lowest BCUT2D eigenvalue weighted by molar-refractivity contribution is -0.112. The molecule has 6 heteroatoms. The maximum atomic E-state index is 11.7. The van der Waals surface area contributed by atoms with Gasteiger partial charge in [-0.1, -0.05) is 24.8 Å². The van der Waals surface area contributed by atoms with Gasteiger partial charge in [-0.2, -0.15) is 0 Å². The molecule has 0 fully saturated rings. The number of aryl methyl sites for hydroxylation is 1. The maximum Gasteiger partial charge on any atom is 0.247 e. The molecule has 0 radical (unpaired) electrons. The molecule has 0 saturated heterocycles. The van der Waals surface area contributed by atoms with E-state index in [9.17, 15) is 9.59 Å². The molecular weight excluding hydrogens is 328 g/mol. The van der Waals surface area contributed by atoms with E-state index in [1.807, 2.05) is 43.3 Å². The standard InChI is InChI=1S/C20H20N4O2/c1-3-19(26)24-17-6-4-5-13(16(17)10-21)14-7-8-18(22-11-25)20-15(14)9-12(2)23-20/h3-9,11,23H,1,10,21H2,2H3,(H,22,25)(H,24,26). The van der Waals surface area contributed by atoms with Crippen LogP contribution in [0, 0.1) is 6.92 Å². The first-order chi connectivity index (χ1) is 12.6. The molecule has 0 aliphatic carbocycles. The summed E-state index contributed by atoms with van der Waals surface area (Å²) in [7, 11) is 0. The molecule has 0 bridgehead atoms. The average molecular weight is 348 g/mol. The number of nitrogens with one attached hydrogen (secondary N) is 3. The van der Waals surface area contributed by atoms with Gasteiger partial charge < -0.3 is 21.4 Å². The number of hydrogen-bond acceptors (Lipinski definition) is 3. The van der Waals surface area contributed by atoms with Gasteiger partial charge in [0.05, 0.1) is 11.2 Å². The predicted octanol–water partition coefficient (Wildman–Crippen LogP) is 3.29. The van der Waals surface area contributed by atoms with E-state index in [1.165, 1.54) is 6.08 Å². The van der Waals surface area contributed by atoms with Crippen molar-refractivity contribution in [2.75, 3.05) is 10.6 Å². The lowest BCUT2D eigenvalue weighted by Crippen LogP contribution is -2.12. The van der Waals surface area contributed by atoms with Gasteiger partial charge in [-0.05, 0) is 47.9 Å². The van der Waals surface area contributed by atoms with Gasteiger partial charge in [-0.3, -0.25) is 9.59 Å². The number of fused-ring (bicyclic) bond motifs is 1. The maximum absolute atomic E-state index is 11.7. The van der Waals surface area contributed by atoms with E-state index in [2.05, 4.69) is 22.2 Å². The molecule has 0 saturated carbocycles. The van der Waals surface area contributed by atoms with Crippen molar-refractivity contribution in [3.8, 4) is 11.1 Å². The Balaban J connectivity index is 2.22. The quantitative estimate of drug-likeness (QED) is 0.406. The molecule has 0 aliphatic heterocycles. The second kappa shape index (κ2) is 7.25. The lowest BCUT2D eigenvalue weighted by atomic mass is 9.95. The number of hydrogen-bond donors (Lipinski definition) is 4. The molecule has 1 aromatic heterocycles. The molecule has 1 heterocycles. The van der Waals surface area contributed by atoms with Crippen molar-refractivity contribution in [2.45, 2.75) is 13.5 Å². The van der Waals surface area contributed by atoms with Crippen LogP contribution in [-0.2, 0) is 16.1 Å². The van der Waals surface area contributed by atoms with Gasteiger partial charge in [0.1, 0.15) is 0 Å². The second-order valence-electron chi connectivity index (χ2n) is 5.89. The Morgan fingerprint density at radius 2 is 2.04 bits per heavy atom. The van der Waals surface area contributed by atoms with Gasteiger partial charge in [0.25, 0.3) is 0 Å². The first-order valence-corrected chi connectivity index (χ1v) is 8.17. The van der Waals surface area contributed by atoms with Crippen LogP contribution in [-0.4, -0.2) is 17.3 Å². The second-order valence-corrected chi connectivity index (χ2v) is 5.89. The van der Waals surface area contributed by atoms with E-state index < -0.39 is 0 Å². The summed E-state index contributed by atoms with van der Waals surface area (Å²) in [6.45, 7) is 5.70. The Hall–Kier alpha value is -3.38. The summed E-state index contributed by atoms with van der Waals surface area (Å²) in [5, 5.41) is 6.48. The predicted molar refractivity (Wildman–Crippen MR) is 105 cm³/mol. The highest BCUT2D eigenvalue weighted by atomic mass is 16.1. The third kappa shape index (κ3) is 3.10. The molecular formula is C20H20N4O2. The first-order valence-electron chi connectivity index (χ1n) is 8.17. The topological polar surface area (TPSA) is 100 Å². The van der Waals surface area contributed by atoms with Crippen molar-refractivity contribution in [3.63, 3.8) is 0 Å². The van der Waals surface area contributed by atoms with Crippen LogP contribution >= 0.6 is 0 Å². The van der Waals surface area contributed by atoms with Gasteiger partial charge in [-0.25, -0.2) is 0 Å². The summed E-state index contributed by atoms with van der Waals surface area (Å²) in [6.07, 6.45) is 1.88. The van der Waals surface area contributed by atoms with Crippen molar-refractivity contribution in [1.29, 1.82) is 0 Å². The third-order valence-corrected chi connectivity index (χ3v) is 4.26. The van der Waals surface area contributed by atoms with Crippen LogP contribution in [0.1, 0.15) is 11.3 Å². The molecule has 132 valence electrons. The van der Waals surface area contributed by atoms with Crippen molar-refractivity contribution in [3.05, 3.63) is 60.3 Å². The van der Waals surface area contributed by atoms with E-state index >= 15 is 0 Å². The number of carbonyl (C=O) groups is 2. The highest BCUT2D eigenvalue weighted by molar-refractivity contribution is 6.05. The fourth-order valence-corrected chi connectivity index (χ4v) is 3.13. The van der Waals surface area contributed by atoms with Crippen LogP contribution < -0.4 is 16.4 Å². The monoisotopic (exact) mass is 348 g/mol. The molecule has 2 aromatic carbocycles. The number of benzene rings is 2. The zero-order valence-electron chi connectivity index (χ0n) is 14.4. The summed E-state index contributed by atoms with van der Waals surface area (Å²) < 4.78 is 0. The molecule has 0 unspecified atom stereocenters. The summed E-state index contributed by atoms with van der Waals surface area (Å²) in [5.74, 6) is -0.287. The fraction of sp³-hybridized carbons (Fsp3) is 0.100. The lowest BCUT2D eigenvalue weighted by Gasteiger charge is -2.15. The van der Waals surface area contributed by atoms with Crippen molar-refractivity contribution in [1.82, 2.24) is 4.98 Å². The number of anilines is 2. The van der Waals surface area contributed by atoms with Crippen LogP contribution in [0.5, 0.6) is 0 Å². The number of rotatable bonds is 6. The number of H-pyrrole nitrogens is 1. The Morgan fingerprint density at radius 3 is 2.73 bits per heavy atom. The van der Waals surface area contributed by atoms with Crippen LogP contribution in [0.15, 0.2) is 49.1 Å². The van der Waals surface area contributed by atoms with Gasteiger partial charge in [0.2, 0.25) is 12.3 Å². The minimum atomic E-state index is -0.287. The Morgan fingerprint density at radius 1 is 1.23 bits per heavy atom. The van der Waals surface area contributed by atoms with Gasteiger partial charge in [0.15, 0.2) is 0 Å². The van der Waals surface area contributed by atoms with E-state index in [0.29, 0.717) is 17.8 Å². The summed E-state index contributed by atoms with van der Waals surface area (Å²) in [4.78, 5) is 25.9. The molecule has 5 N–H and O–H groups in total. The van der Waals surface area contributed by atoms with Crippen LogP contribution in [0.25, 0.3) is 22.0 Å². The first kappa shape index (κ1) is 17.4. The molecule has 0 atom stereocenters. The van der Waals surface area contributed by atoms with Crippen molar-refractivity contribution < 1.29 is 9.59 Å². The highest BCUT2D eigenvalue weighted by Gasteiger charge is 2.15. The van der Waals surface area contributed by atoms with Crippen LogP contribution in [0.2, 0.25) is 0 Å². The number of nitrogens with two attached hydrogens (primary N) is 1. The Labute approximate surface area is 151 Å². The van der Waals surface area contributed by atoms with E-state index in [-0.39, 0.29) is 12.5 Å². The number of aromatic amines is 1. The van der Waals surface area contributed by atoms with E-state index in [4.69, 9.17) is 5.73 Å². The van der Waals surface area contributed by atoms with Crippen molar-refractivity contribution >= 4 is 34.6 Å². The summed E-state index contributed by atoms with van der Waals surface area (Å²) in [6, 6.07) is 11.5. The molecule has 0 spiro atoms. The van der Waals surface area contributed by atoms with Gasteiger partial charge >= 0.3 is 0 Å². The SMILES string of the molecule is C=CC(=O)Nc1cccc(-c2ccc(NC=O)c3[nH]c(C)cc23)c1CN. The van der Waals surface area contributed by atoms with Crippen LogP contribution in [0.4, 0.5) is 11.4 Å². The highest BCUT2D eigenvalue weighted by Crippen LogP contribution is 2.37. The molecule has 26 heavy (non-hydrogen) atoms.